The molecule has 1 fully saturated rings. The molecule has 4 heteroatoms. The van der Waals surface area contributed by atoms with Gasteiger partial charge in [0.1, 0.15) is 0 Å². The van der Waals surface area contributed by atoms with E-state index in [2.05, 4.69) is 13.2 Å². The van der Waals surface area contributed by atoms with Gasteiger partial charge in [-0.2, -0.15) is 0 Å². The average Bonchev–Trinajstić information content (AvgIpc) is 2.43. The Hall–Kier alpha value is -1.58. The molecule has 0 aromatic carbocycles. The smallest absolute Gasteiger partial charge is 0.307 e. The molecule has 0 radical (unpaired) electrons. The van der Waals surface area contributed by atoms with E-state index in [-0.39, 0.29) is 12.3 Å². The van der Waals surface area contributed by atoms with Crippen LogP contribution in [0.2, 0.25) is 0 Å². The Kier molecular flexibility index (Phi) is 7.85. The molecule has 0 aromatic heterocycles. The number of carboxylic acids is 1. The molecule has 1 rings (SSSR count). The molecule has 1 amide bonds. The van der Waals surface area contributed by atoms with Crippen LogP contribution >= 0.6 is 0 Å². The van der Waals surface area contributed by atoms with E-state index in [9.17, 15) is 9.59 Å². The van der Waals surface area contributed by atoms with Crippen LogP contribution in [-0.2, 0) is 9.59 Å². The predicted octanol–water partition coefficient (Wildman–Crippen LogP) is 2.18. The zero-order chi connectivity index (χ0) is 12.4. The first-order valence-electron chi connectivity index (χ1n) is 5.36. The molecule has 0 atom stereocenters. The van der Waals surface area contributed by atoms with E-state index in [1.807, 2.05) is 0 Å². The van der Waals surface area contributed by atoms with Crippen molar-refractivity contribution in [3.05, 3.63) is 25.4 Å². The Labute approximate surface area is 96.3 Å². The minimum Gasteiger partial charge on any atom is -0.481 e. The zero-order valence-corrected chi connectivity index (χ0v) is 9.52. The maximum atomic E-state index is 11.1. The molecule has 4 nitrogen and oxygen atoms in total. The molecular weight excluding hydrogens is 206 g/mol. The van der Waals surface area contributed by atoms with E-state index >= 15 is 0 Å². The van der Waals surface area contributed by atoms with Crippen molar-refractivity contribution in [1.82, 2.24) is 4.90 Å². The number of nitrogens with zero attached hydrogens (tertiary/aromatic N) is 1. The van der Waals surface area contributed by atoms with Gasteiger partial charge in [-0.3, -0.25) is 9.59 Å². The first-order valence-corrected chi connectivity index (χ1v) is 5.36. The molecule has 0 bridgehead atoms. The number of likely N-dealkylation sites (tertiary alicyclic amines) is 1. The number of rotatable bonds is 3. The second-order valence-electron chi connectivity index (χ2n) is 3.47. The third-order valence-electron chi connectivity index (χ3n) is 2.15. The minimum absolute atomic E-state index is 0.0556. The van der Waals surface area contributed by atoms with Crippen molar-refractivity contribution in [3.63, 3.8) is 0 Å². The van der Waals surface area contributed by atoms with Crippen LogP contribution in [0.1, 0.15) is 32.1 Å². The lowest BCUT2D eigenvalue weighted by Gasteiger charge is -2.13. The fourth-order valence-corrected chi connectivity index (χ4v) is 1.32. The Morgan fingerprint density at radius 2 is 2.06 bits per heavy atom. The molecule has 90 valence electrons. The topological polar surface area (TPSA) is 57.6 Å². The third-order valence-corrected chi connectivity index (χ3v) is 2.15. The van der Waals surface area contributed by atoms with E-state index in [4.69, 9.17) is 5.11 Å². The van der Waals surface area contributed by atoms with Gasteiger partial charge in [-0.1, -0.05) is 19.1 Å². The molecule has 0 saturated carbocycles. The SMILES string of the molecule is C=CCC(=O)O.C=CN1CCCCCC1=O. The first kappa shape index (κ1) is 14.4. The Morgan fingerprint density at radius 1 is 1.38 bits per heavy atom. The molecule has 0 unspecified atom stereocenters. The maximum Gasteiger partial charge on any atom is 0.307 e. The number of carbonyl (C=O) groups is 2. The van der Waals surface area contributed by atoms with Crippen LogP contribution in [0.25, 0.3) is 0 Å². The molecule has 1 aliphatic heterocycles. The molecule has 1 saturated heterocycles. The number of carbonyl (C=O) groups excluding carboxylic acids is 1. The quantitative estimate of drug-likeness (QED) is 0.749. The summed E-state index contributed by atoms with van der Waals surface area (Å²) in [6.45, 7) is 7.66. The number of carboxylic acid groups (broad SMARTS) is 1. The van der Waals surface area contributed by atoms with Crippen LogP contribution in [0, 0.1) is 0 Å². The van der Waals surface area contributed by atoms with Crippen molar-refractivity contribution in [2.45, 2.75) is 32.1 Å². The first-order chi connectivity index (χ1) is 7.61. The van der Waals surface area contributed by atoms with Crippen molar-refractivity contribution in [3.8, 4) is 0 Å². The van der Waals surface area contributed by atoms with Gasteiger partial charge in [-0.25, -0.2) is 0 Å². The van der Waals surface area contributed by atoms with Gasteiger partial charge in [0.15, 0.2) is 0 Å². The van der Waals surface area contributed by atoms with Crippen molar-refractivity contribution in [2.24, 2.45) is 0 Å². The summed E-state index contributed by atoms with van der Waals surface area (Å²) in [5.74, 6) is -0.600. The van der Waals surface area contributed by atoms with Gasteiger partial charge in [-0.15, -0.1) is 6.58 Å². The normalized spacial score (nSPS) is 15.5. The monoisotopic (exact) mass is 225 g/mol. The van der Waals surface area contributed by atoms with Gasteiger partial charge < -0.3 is 10.0 Å². The lowest BCUT2D eigenvalue weighted by Crippen LogP contribution is -2.23. The largest absolute Gasteiger partial charge is 0.481 e. The Balaban J connectivity index is 0.000000325. The van der Waals surface area contributed by atoms with E-state index in [1.54, 1.807) is 11.1 Å². The summed E-state index contributed by atoms with van der Waals surface area (Å²) < 4.78 is 0. The second-order valence-corrected chi connectivity index (χ2v) is 3.47. The molecule has 16 heavy (non-hydrogen) atoms. The van der Waals surface area contributed by atoms with Crippen LogP contribution in [-0.4, -0.2) is 28.4 Å². The lowest BCUT2D eigenvalue weighted by molar-refractivity contribution is -0.136. The van der Waals surface area contributed by atoms with Crippen LogP contribution < -0.4 is 0 Å². The Morgan fingerprint density at radius 3 is 2.50 bits per heavy atom. The highest BCUT2D eigenvalue weighted by molar-refractivity contribution is 5.77. The van der Waals surface area contributed by atoms with Crippen molar-refractivity contribution in [1.29, 1.82) is 0 Å². The highest BCUT2D eigenvalue weighted by Crippen LogP contribution is 2.10. The zero-order valence-electron chi connectivity index (χ0n) is 9.52. The van der Waals surface area contributed by atoms with E-state index in [0.29, 0.717) is 6.42 Å². The fourth-order valence-electron chi connectivity index (χ4n) is 1.32. The molecular formula is C12H19NO3. The number of amides is 1. The Bertz CT molecular complexity index is 261. The summed E-state index contributed by atoms with van der Waals surface area (Å²) in [7, 11) is 0. The predicted molar refractivity (Wildman–Crippen MR) is 62.8 cm³/mol. The fraction of sp³-hybridized carbons (Fsp3) is 0.500. The maximum absolute atomic E-state index is 11.1. The summed E-state index contributed by atoms with van der Waals surface area (Å²) in [5, 5.41) is 7.84. The molecule has 0 aliphatic carbocycles. The van der Waals surface area contributed by atoms with Gasteiger partial charge in [0.2, 0.25) is 5.91 Å². The average molecular weight is 225 g/mol. The molecule has 1 heterocycles. The third kappa shape index (κ3) is 6.81. The van der Waals surface area contributed by atoms with Gasteiger partial charge in [0.05, 0.1) is 6.42 Å². The second kappa shape index (κ2) is 8.71. The van der Waals surface area contributed by atoms with Crippen LogP contribution in [0.3, 0.4) is 0 Å². The van der Waals surface area contributed by atoms with Crippen molar-refractivity contribution in [2.75, 3.05) is 6.54 Å². The van der Waals surface area contributed by atoms with E-state index in [0.717, 1.165) is 19.4 Å². The lowest BCUT2D eigenvalue weighted by atomic mass is 10.2. The van der Waals surface area contributed by atoms with Crippen LogP contribution in [0.4, 0.5) is 0 Å². The van der Waals surface area contributed by atoms with Crippen molar-refractivity contribution < 1.29 is 14.7 Å². The summed E-state index contributed by atoms with van der Waals surface area (Å²) in [6.07, 6.45) is 7.08. The van der Waals surface area contributed by atoms with Crippen LogP contribution in [0.5, 0.6) is 0 Å². The van der Waals surface area contributed by atoms with E-state index < -0.39 is 5.97 Å². The van der Waals surface area contributed by atoms with Gasteiger partial charge in [-0.05, 0) is 19.0 Å². The number of hydrogen-bond acceptors (Lipinski definition) is 2. The molecule has 1 aliphatic rings. The summed E-state index contributed by atoms with van der Waals surface area (Å²) >= 11 is 0. The summed E-state index contributed by atoms with van der Waals surface area (Å²) in [6, 6.07) is 0. The molecule has 0 spiro atoms. The highest BCUT2D eigenvalue weighted by Gasteiger charge is 2.12. The van der Waals surface area contributed by atoms with Gasteiger partial charge >= 0.3 is 5.97 Å². The van der Waals surface area contributed by atoms with Gasteiger partial charge in [0, 0.05) is 13.0 Å². The van der Waals surface area contributed by atoms with E-state index in [1.165, 1.54) is 12.5 Å². The van der Waals surface area contributed by atoms with Crippen molar-refractivity contribution >= 4 is 11.9 Å². The molecule has 0 aromatic rings. The minimum atomic E-state index is -0.829. The highest BCUT2D eigenvalue weighted by atomic mass is 16.4. The standard InChI is InChI=1S/C8H13NO.C4H6O2/c1-2-9-7-5-3-4-6-8(9)10;1-2-3-4(5)6/h2H,1,3-7H2;2H,1,3H2,(H,5,6). The number of aliphatic carboxylic acids is 1. The van der Waals surface area contributed by atoms with Crippen LogP contribution in [0.15, 0.2) is 25.4 Å². The van der Waals surface area contributed by atoms with Gasteiger partial charge in [0.25, 0.3) is 0 Å². The summed E-state index contributed by atoms with van der Waals surface area (Å²) in [5.41, 5.74) is 0. The molecule has 1 N–H and O–H groups in total. The number of hydrogen-bond donors (Lipinski definition) is 1. The summed E-state index contributed by atoms with van der Waals surface area (Å²) in [4.78, 5) is 22.3.